The third kappa shape index (κ3) is 2.24. The van der Waals surface area contributed by atoms with Crippen molar-refractivity contribution in [2.45, 2.75) is 0 Å². The van der Waals surface area contributed by atoms with E-state index in [0.717, 1.165) is 12.1 Å². The number of hydrogen-bond acceptors (Lipinski definition) is 4. The van der Waals surface area contributed by atoms with Crippen molar-refractivity contribution in [1.29, 1.82) is 0 Å². The summed E-state index contributed by atoms with van der Waals surface area (Å²) in [5, 5.41) is 19.3. The fourth-order valence-electron chi connectivity index (χ4n) is 1.01. The predicted octanol–water partition coefficient (Wildman–Crippen LogP) is 2.06. The molecule has 1 aromatic rings. The molecule has 0 aliphatic heterocycles. The molecule has 0 saturated heterocycles. The Hall–Kier alpha value is -1.63. The van der Waals surface area contributed by atoms with Gasteiger partial charge in [-0.3, -0.25) is 10.1 Å². The first-order valence-electron chi connectivity index (χ1n) is 3.72. The Morgan fingerprint density at radius 1 is 1.60 bits per heavy atom. The minimum atomic E-state index is -1.19. The molecule has 0 heterocycles. The van der Waals surface area contributed by atoms with E-state index in [1.807, 2.05) is 0 Å². The van der Waals surface area contributed by atoms with Gasteiger partial charge in [-0.25, -0.2) is 4.79 Å². The predicted molar refractivity (Wildman–Crippen MR) is 54.3 cm³/mol. The molecule has 0 unspecified atom stereocenters. The van der Waals surface area contributed by atoms with Crippen LogP contribution in [-0.2, 0) is 0 Å². The summed E-state index contributed by atoms with van der Waals surface area (Å²) in [5.41, 5.74) is -0.369. The van der Waals surface area contributed by atoms with Crippen molar-refractivity contribution in [1.82, 2.24) is 0 Å². The maximum Gasteiger partial charge on any atom is 0.336 e. The van der Waals surface area contributed by atoms with Crippen LogP contribution in [0.1, 0.15) is 10.4 Å². The van der Waals surface area contributed by atoms with Gasteiger partial charge in [0.1, 0.15) is 0 Å². The molecule has 0 fully saturated rings. The third-order valence-corrected chi connectivity index (χ3v) is 2.35. The standard InChI is InChI=1S/C8H6BrNO5/c1-15-7-2-4(8(11)12)5(9)3-6(7)10(13)14/h2-3H,1H3,(H,11,12). The number of rotatable bonds is 3. The summed E-state index contributed by atoms with van der Waals surface area (Å²) >= 11 is 2.94. The fraction of sp³-hybridized carbons (Fsp3) is 0.125. The largest absolute Gasteiger partial charge is 0.490 e. The third-order valence-electron chi connectivity index (χ3n) is 1.70. The molecule has 6 nitrogen and oxygen atoms in total. The Kier molecular flexibility index (Phi) is 3.25. The van der Waals surface area contributed by atoms with Crippen LogP contribution in [0.2, 0.25) is 0 Å². The molecule has 1 aromatic carbocycles. The van der Waals surface area contributed by atoms with Crippen LogP contribution in [0.3, 0.4) is 0 Å². The SMILES string of the molecule is COc1cc(C(=O)O)c(Br)cc1[N+](=O)[O-]. The summed E-state index contributed by atoms with van der Waals surface area (Å²) in [4.78, 5) is 20.6. The number of halogens is 1. The van der Waals surface area contributed by atoms with Crippen molar-refractivity contribution < 1.29 is 19.6 Å². The Labute approximate surface area is 92.8 Å². The first kappa shape index (κ1) is 11.4. The van der Waals surface area contributed by atoms with Crippen molar-refractivity contribution in [3.63, 3.8) is 0 Å². The quantitative estimate of drug-likeness (QED) is 0.674. The molecular weight excluding hydrogens is 270 g/mol. The molecule has 0 amide bonds. The highest BCUT2D eigenvalue weighted by Gasteiger charge is 2.20. The molecule has 0 aliphatic rings. The molecule has 1 rings (SSSR count). The van der Waals surface area contributed by atoms with E-state index in [0.29, 0.717) is 0 Å². The topological polar surface area (TPSA) is 89.7 Å². The van der Waals surface area contributed by atoms with Gasteiger partial charge >= 0.3 is 11.7 Å². The second-order valence-corrected chi connectivity index (χ2v) is 3.42. The number of nitrogens with zero attached hydrogens (tertiary/aromatic N) is 1. The van der Waals surface area contributed by atoms with Crippen molar-refractivity contribution in [3.8, 4) is 5.75 Å². The lowest BCUT2D eigenvalue weighted by atomic mass is 10.2. The van der Waals surface area contributed by atoms with Crippen molar-refractivity contribution in [3.05, 3.63) is 32.3 Å². The van der Waals surface area contributed by atoms with Gasteiger partial charge in [-0.2, -0.15) is 0 Å². The van der Waals surface area contributed by atoms with E-state index in [9.17, 15) is 14.9 Å². The van der Waals surface area contributed by atoms with E-state index in [1.54, 1.807) is 0 Å². The molecule has 0 radical (unpaired) electrons. The summed E-state index contributed by atoms with van der Waals surface area (Å²) in [6.07, 6.45) is 0. The van der Waals surface area contributed by atoms with Gasteiger partial charge in [0.2, 0.25) is 0 Å². The van der Waals surface area contributed by atoms with E-state index >= 15 is 0 Å². The summed E-state index contributed by atoms with van der Waals surface area (Å²) in [6.45, 7) is 0. The molecule has 0 aliphatic carbocycles. The van der Waals surface area contributed by atoms with E-state index in [-0.39, 0.29) is 21.5 Å². The van der Waals surface area contributed by atoms with Crippen LogP contribution in [0.15, 0.2) is 16.6 Å². The summed E-state index contributed by atoms with van der Waals surface area (Å²) < 4.78 is 4.87. The Morgan fingerprint density at radius 2 is 2.20 bits per heavy atom. The lowest BCUT2D eigenvalue weighted by Gasteiger charge is -2.04. The smallest absolute Gasteiger partial charge is 0.336 e. The molecule has 0 atom stereocenters. The molecule has 0 bridgehead atoms. The number of carbonyl (C=O) groups is 1. The summed E-state index contributed by atoms with van der Waals surface area (Å²) in [7, 11) is 1.24. The average molecular weight is 276 g/mol. The molecule has 15 heavy (non-hydrogen) atoms. The Morgan fingerprint density at radius 3 is 2.60 bits per heavy atom. The molecule has 1 N–H and O–H groups in total. The van der Waals surface area contributed by atoms with Crippen LogP contribution < -0.4 is 4.74 Å². The highest BCUT2D eigenvalue weighted by Crippen LogP contribution is 2.32. The molecule has 7 heteroatoms. The zero-order valence-electron chi connectivity index (χ0n) is 7.56. The van der Waals surface area contributed by atoms with Gasteiger partial charge in [0.15, 0.2) is 5.75 Å². The minimum absolute atomic E-state index is 0.0828. The zero-order chi connectivity index (χ0) is 11.6. The number of nitro benzene ring substituents is 1. The van der Waals surface area contributed by atoms with Crippen molar-refractivity contribution in [2.24, 2.45) is 0 Å². The van der Waals surface area contributed by atoms with E-state index in [2.05, 4.69) is 15.9 Å². The van der Waals surface area contributed by atoms with Crippen LogP contribution in [0.5, 0.6) is 5.75 Å². The fourth-order valence-corrected chi connectivity index (χ4v) is 1.51. The van der Waals surface area contributed by atoms with Crippen LogP contribution in [-0.4, -0.2) is 23.1 Å². The number of carboxylic acids is 1. The van der Waals surface area contributed by atoms with Gasteiger partial charge in [0, 0.05) is 16.6 Å². The minimum Gasteiger partial charge on any atom is -0.490 e. The molecule has 80 valence electrons. The first-order chi connectivity index (χ1) is 6.97. The van der Waals surface area contributed by atoms with E-state index < -0.39 is 10.9 Å². The highest BCUT2D eigenvalue weighted by molar-refractivity contribution is 9.10. The maximum absolute atomic E-state index is 10.7. The number of carboxylic acid groups (broad SMARTS) is 1. The number of hydrogen-bond donors (Lipinski definition) is 1. The second kappa shape index (κ2) is 4.26. The van der Waals surface area contributed by atoms with Crippen LogP contribution in [0.4, 0.5) is 5.69 Å². The zero-order valence-corrected chi connectivity index (χ0v) is 9.15. The van der Waals surface area contributed by atoms with Gasteiger partial charge in [-0.05, 0) is 15.9 Å². The van der Waals surface area contributed by atoms with Crippen LogP contribution in [0.25, 0.3) is 0 Å². The van der Waals surface area contributed by atoms with Crippen molar-refractivity contribution in [2.75, 3.05) is 7.11 Å². The van der Waals surface area contributed by atoms with E-state index in [1.165, 1.54) is 7.11 Å². The maximum atomic E-state index is 10.7. The van der Waals surface area contributed by atoms with Crippen LogP contribution in [0, 0.1) is 10.1 Å². The van der Waals surface area contributed by atoms with Gasteiger partial charge in [0.25, 0.3) is 0 Å². The number of benzene rings is 1. The first-order valence-corrected chi connectivity index (χ1v) is 4.52. The number of ether oxygens (including phenoxy) is 1. The number of nitro groups is 1. The molecular formula is C8H6BrNO5. The lowest BCUT2D eigenvalue weighted by Crippen LogP contribution is -2.01. The van der Waals surface area contributed by atoms with Gasteiger partial charge in [-0.15, -0.1) is 0 Å². The van der Waals surface area contributed by atoms with E-state index in [4.69, 9.17) is 9.84 Å². The highest BCUT2D eigenvalue weighted by atomic mass is 79.9. The van der Waals surface area contributed by atoms with Gasteiger partial charge in [0.05, 0.1) is 17.6 Å². The Bertz CT molecular complexity index is 431. The molecule has 0 aromatic heterocycles. The van der Waals surface area contributed by atoms with Gasteiger partial charge in [-0.1, -0.05) is 0 Å². The number of aromatic carboxylic acids is 1. The summed E-state index contributed by atoms with van der Waals surface area (Å²) in [6, 6.07) is 2.20. The average Bonchev–Trinajstić information content (AvgIpc) is 2.16. The lowest BCUT2D eigenvalue weighted by molar-refractivity contribution is -0.385. The Balaban J connectivity index is 3.42. The molecule has 0 spiro atoms. The summed E-state index contributed by atoms with van der Waals surface area (Å²) in [5.74, 6) is -1.27. The number of methoxy groups -OCH3 is 1. The van der Waals surface area contributed by atoms with Crippen LogP contribution >= 0.6 is 15.9 Å². The monoisotopic (exact) mass is 275 g/mol. The second-order valence-electron chi connectivity index (χ2n) is 2.57. The normalized spacial score (nSPS) is 9.73. The van der Waals surface area contributed by atoms with Gasteiger partial charge < -0.3 is 9.84 Å². The van der Waals surface area contributed by atoms with Crippen molar-refractivity contribution >= 4 is 27.6 Å². The molecule has 0 saturated carbocycles.